The van der Waals surface area contributed by atoms with Crippen LogP contribution in [0.3, 0.4) is 0 Å². The van der Waals surface area contributed by atoms with Gasteiger partial charge in [-0.15, -0.1) is 0 Å². The summed E-state index contributed by atoms with van der Waals surface area (Å²) in [5, 5.41) is 12.8. The maximum atomic E-state index is 9.61. The molecule has 0 aliphatic rings. The van der Waals surface area contributed by atoms with Crippen LogP contribution in [0.15, 0.2) is 0 Å². The van der Waals surface area contributed by atoms with Crippen LogP contribution in [0.25, 0.3) is 0 Å². The smallest absolute Gasteiger partial charge is 0.0897 e. The summed E-state index contributed by atoms with van der Waals surface area (Å²) in [7, 11) is 0. The van der Waals surface area contributed by atoms with E-state index in [0.717, 1.165) is 6.54 Å². The average Bonchev–Trinajstić information content (AvgIpc) is 2.23. The van der Waals surface area contributed by atoms with E-state index in [9.17, 15) is 5.11 Å². The topological polar surface area (TPSA) is 50.7 Å². The molecule has 0 fully saturated rings. The first-order chi connectivity index (χ1) is 7.56. The molecule has 0 aromatic carbocycles. The van der Waals surface area contributed by atoms with E-state index in [1.54, 1.807) is 0 Å². The van der Waals surface area contributed by atoms with Crippen molar-refractivity contribution in [3.05, 3.63) is 0 Å². The predicted octanol–water partition coefficient (Wildman–Crippen LogP) is 1.03. The minimum Gasteiger partial charge on any atom is -0.389 e. The Morgan fingerprint density at radius 2 is 1.81 bits per heavy atom. The van der Waals surface area contributed by atoms with Crippen molar-refractivity contribution in [1.29, 1.82) is 0 Å². The van der Waals surface area contributed by atoms with Crippen LogP contribution in [0.2, 0.25) is 0 Å². The van der Waals surface area contributed by atoms with Gasteiger partial charge in [0.15, 0.2) is 0 Å². The maximum absolute atomic E-state index is 9.61. The molecule has 2 atom stereocenters. The van der Waals surface area contributed by atoms with Gasteiger partial charge in [-0.25, -0.2) is 0 Å². The first-order valence-corrected chi connectivity index (χ1v) is 6.14. The van der Waals surface area contributed by atoms with Gasteiger partial charge in [-0.3, -0.25) is 0 Å². The Balaban J connectivity index is 3.38. The number of hydrogen-bond donors (Lipinski definition) is 2. The maximum Gasteiger partial charge on any atom is 0.0897 e. The molecule has 4 heteroatoms. The Labute approximate surface area is 99.3 Å². The molecule has 4 nitrogen and oxygen atoms in total. The first kappa shape index (κ1) is 15.8. The van der Waals surface area contributed by atoms with Crippen molar-refractivity contribution < 1.29 is 14.6 Å². The van der Waals surface area contributed by atoms with Crippen LogP contribution >= 0.6 is 0 Å². The lowest BCUT2D eigenvalue weighted by Crippen LogP contribution is -2.34. The molecule has 0 bridgehead atoms. The van der Waals surface area contributed by atoms with E-state index < -0.39 is 6.10 Å². The summed E-state index contributed by atoms with van der Waals surface area (Å²) >= 11 is 0. The quantitative estimate of drug-likeness (QED) is 0.592. The van der Waals surface area contributed by atoms with E-state index in [-0.39, 0.29) is 6.10 Å². The highest BCUT2D eigenvalue weighted by atomic mass is 16.5. The third kappa shape index (κ3) is 10.4. The van der Waals surface area contributed by atoms with Gasteiger partial charge >= 0.3 is 0 Å². The summed E-state index contributed by atoms with van der Waals surface area (Å²) in [5.74, 6) is 0.602. The molecule has 0 aromatic heterocycles. The molecule has 0 aliphatic carbocycles. The zero-order chi connectivity index (χ0) is 12.4. The standard InChI is InChI=1S/C12H27NO3/c1-5-15-8-11(4)16-9-12(14)7-13-6-10(2)3/h10-14H,5-9H2,1-4H3. The van der Waals surface area contributed by atoms with Crippen LogP contribution < -0.4 is 5.32 Å². The van der Waals surface area contributed by atoms with Gasteiger partial charge in [0.25, 0.3) is 0 Å². The molecule has 16 heavy (non-hydrogen) atoms. The second-order valence-corrected chi connectivity index (χ2v) is 4.51. The van der Waals surface area contributed by atoms with Crippen LogP contribution in [0, 0.1) is 5.92 Å². The highest BCUT2D eigenvalue weighted by molar-refractivity contribution is 4.60. The Morgan fingerprint density at radius 3 is 2.38 bits per heavy atom. The van der Waals surface area contributed by atoms with Crippen LogP contribution in [0.1, 0.15) is 27.7 Å². The second kappa shape index (κ2) is 10.0. The zero-order valence-corrected chi connectivity index (χ0v) is 11.0. The van der Waals surface area contributed by atoms with Crippen molar-refractivity contribution in [2.24, 2.45) is 5.92 Å². The molecule has 0 radical (unpaired) electrons. The molecular weight excluding hydrogens is 206 g/mol. The summed E-state index contributed by atoms with van der Waals surface area (Å²) in [5.41, 5.74) is 0. The van der Waals surface area contributed by atoms with Crippen molar-refractivity contribution in [3.63, 3.8) is 0 Å². The van der Waals surface area contributed by atoms with Crippen LogP contribution in [0.4, 0.5) is 0 Å². The summed E-state index contributed by atoms with van der Waals surface area (Å²) in [4.78, 5) is 0. The van der Waals surface area contributed by atoms with Gasteiger partial charge in [0.05, 0.1) is 25.4 Å². The Morgan fingerprint density at radius 1 is 1.12 bits per heavy atom. The molecule has 2 N–H and O–H groups in total. The van der Waals surface area contributed by atoms with Crippen molar-refractivity contribution in [3.8, 4) is 0 Å². The lowest BCUT2D eigenvalue weighted by molar-refractivity contribution is -0.0381. The average molecular weight is 233 g/mol. The summed E-state index contributed by atoms with van der Waals surface area (Å²) < 4.78 is 10.7. The van der Waals surface area contributed by atoms with Gasteiger partial charge in [-0.1, -0.05) is 13.8 Å². The Kier molecular flexibility index (Phi) is 9.92. The van der Waals surface area contributed by atoms with Crippen molar-refractivity contribution in [1.82, 2.24) is 5.32 Å². The summed E-state index contributed by atoms with van der Waals surface area (Å²) in [6.45, 7) is 11.3. The van der Waals surface area contributed by atoms with Gasteiger partial charge in [-0.05, 0) is 26.3 Å². The van der Waals surface area contributed by atoms with Crippen LogP contribution in [0.5, 0.6) is 0 Å². The first-order valence-electron chi connectivity index (χ1n) is 6.14. The SMILES string of the molecule is CCOCC(C)OCC(O)CNCC(C)C. The van der Waals surface area contributed by atoms with E-state index in [0.29, 0.717) is 32.3 Å². The second-order valence-electron chi connectivity index (χ2n) is 4.51. The normalized spacial score (nSPS) is 15.4. The number of ether oxygens (including phenoxy) is 2. The van der Waals surface area contributed by atoms with E-state index in [1.807, 2.05) is 13.8 Å². The minimum absolute atomic E-state index is 0.0414. The van der Waals surface area contributed by atoms with Gasteiger partial charge in [0, 0.05) is 13.2 Å². The van der Waals surface area contributed by atoms with Gasteiger partial charge < -0.3 is 19.9 Å². The number of hydrogen-bond acceptors (Lipinski definition) is 4. The van der Waals surface area contributed by atoms with Gasteiger partial charge in [0.1, 0.15) is 0 Å². The number of aliphatic hydroxyl groups is 1. The molecule has 0 rings (SSSR count). The van der Waals surface area contributed by atoms with Crippen LogP contribution in [-0.2, 0) is 9.47 Å². The Bertz CT molecular complexity index is 153. The molecule has 98 valence electrons. The van der Waals surface area contributed by atoms with E-state index >= 15 is 0 Å². The lowest BCUT2D eigenvalue weighted by atomic mass is 10.2. The number of rotatable bonds is 10. The third-order valence-electron chi connectivity index (χ3n) is 2.06. The fourth-order valence-electron chi connectivity index (χ4n) is 1.20. The highest BCUT2D eigenvalue weighted by Gasteiger charge is 2.08. The lowest BCUT2D eigenvalue weighted by Gasteiger charge is -2.17. The fraction of sp³-hybridized carbons (Fsp3) is 1.00. The summed E-state index contributed by atoms with van der Waals surface area (Å²) in [6, 6.07) is 0. The molecule has 0 heterocycles. The zero-order valence-electron chi connectivity index (χ0n) is 11.0. The highest BCUT2D eigenvalue weighted by Crippen LogP contribution is 1.95. The van der Waals surface area contributed by atoms with Crippen LogP contribution in [-0.4, -0.2) is 50.2 Å². The minimum atomic E-state index is -0.442. The van der Waals surface area contributed by atoms with E-state index in [4.69, 9.17) is 9.47 Å². The number of aliphatic hydroxyl groups excluding tert-OH is 1. The Hall–Kier alpha value is -0.160. The molecule has 0 saturated carbocycles. The molecule has 0 amide bonds. The molecular formula is C12H27NO3. The van der Waals surface area contributed by atoms with Gasteiger partial charge in [-0.2, -0.15) is 0 Å². The summed E-state index contributed by atoms with van der Waals surface area (Å²) in [6.07, 6.45) is -0.400. The molecule has 0 saturated heterocycles. The monoisotopic (exact) mass is 233 g/mol. The van der Waals surface area contributed by atoms with Crippen molar-refractivity contribution in [2.75, 3.05) is 32.9 Å². The number of nitrogens with one attached hydrogen (secondary N) is 1. The fourth-order valence-corrected chi connectivity index (χ4v) is 1.20. The molecule has 2 unspecified atom stereocenters. The van der Waals surface area contributed by atoms with E-state index in [1.165, 1.54) is 0 Å². The largest absolute Gasteiger partial charge is 0.389 e. The van der Waals surface area contributed by atoms with Crippen molar-refractivity contribution >= 4 is 0 Å². The van der Waals surface area contributed by atoms with Crippen molar-refractivity contribution in [2.45, 2.75) is 39.9 Å². The van der Waals surface area contributed by atoms with Gasteiger partial charge in [0.2, 0.25) is 0 Å². The van der Waals surface area contributed by atoms with E-state index in [2.05, 4.69) is 19.2 Å². The molecule has 0 spiro atoms. The third-order valence-corrected chi connectivity index (χ3v) is 2.06. The molecule has 0 aromatic rings. The predicted molar refractivity (Wildman–Crippen MR) is 65.6 cm³/mol. The molecule has 0 aliphatic heterocycles.